The first-order valence-corrected chi connectivity index (χ1v) is 12.1. The summed E-state index contributed by atoms with van der Waals surface area (Å²) < 4.78 is 2.06. The van der Waals surface area contributed by atoms with Gasteiger partial charge in [-0.25, -0.2) is 9.97 Å². The Morgan fingerprint density at radius 1 is 1.09 bits per heavy atom. The van der Waals surface area contributed by atoms with E-state index < -0.39 is 0 Å². The number of benzene rings is 2. The van der Waals surface area contributed by atoms with Crippen molar-refractivity contribution in [2.24, 2.45) is 0 Å². The van der Waals surface area contributed by atoms with Gasteiger partial charge >= 0.3 is 0 Å². The van der Waals surface area contributed by atoms with Crippen molar-refractivity contribution in [2.75, 3.05) is 25.0 Å². The molecule has 2 N–H and O–H groups in total. The van der Waals surface area contributed by atoms with Gasteiger partial charge in [0.1, 0.15) is 5.69 Å². The maximum absolute atomic E-state index is 13.0. The zero-order valence-corrected chi connectivity index (χ0v) is 19.5. The number of imidazole rings is 1. The lowest BCUT2D eigenvalue weighted by Gasteiger charge is -2.25. The average Bonchev–Trinajstić information content (AvgIpc) is 3.46. The van der Waals surface area contributed by atoms with Crippen LogP contribution in [0.15, 0.2) is 66.3 Å². The van der Waals surface area contributed by atoms with Crippen LogP contribution in [0.5, 0.6) is 0 Å². The van der Waals surface area contributed by atoms with E-state index in [1.165, 1.54) is 6.20 Å². The molecule has 0 unspecified atom stereocenters. The van der Waals surface area contributed by atoms with Crippen LogP contribution in [0.25, 0.3) is 27.3 Å². The minimum Gasteiger partial charge on any atom is -0.354 e. The molecular formula is C25H21N7O2S. The first-order valence-electron chi connectivity index (χ1n) is 11.2. The molecule has 1 saturated heterocycles. The monoisotopic (exact) mass is 483 g/mol. The van der Waals surface area contributed by atoms with Crippen molar-refractivity contribution in [3.8, 4) is 11.3 Å². The summed E-state index contributed by atoms with van der Waals surface area (Å²) in [5, 5.41) is 7.90. The molecule has 6 rings (SSSR count). The van der Waals surface area contributed by atoms with Crippen molar-refractivity contribution in [3.05, 3.63) is 77.7 Å². The molecule has 0 saturated carbocycles. The number of amides is 2. The summed E-state index contributed by atoms with van der Waals surface area (Å²) in [4.78, 5) is 41.3. The summed E-state index contributed by atoms with van der Waals surface area (Å²) in [7, 11) is 0. The van der Waals surface area contributed by atoms with E-state index in [-0.39, 0.29) is 17.5 Å². The molecule has 1 fully saturated rings. The predicted octanol–water partition coefficient (Wildman–Crippen LogP) is 3.19. The van der Waals surface area contributed by atoms with Crippen molar-refractivity contribution in [2.45, 2.75) is 6.54 Å². The number of hydrogen-bond donors (Lipinski definition) is 2. The number of nitrogens with one attached hydrogen (secondary N) is 2. The smallest absolute Gasteiger partial charge is 0.275 e. The molecule has 0 atom stereocenters. The summed E-state index contributed by atoms with van der Waals surface area (Å²) >= 11 is 1.56. The van der Waals surface area contributed by atoms with Crippen molar-refractivity contribution >= 4 is 44.8 Å². The molecule has 9 nitrogen and oxygen atoms in total. The van der Waals surface area contributed by atoms with Gasteiger partial charge in [-0.1, -0.05) is 30.3 Å². The molecule has 0 spiro atoms. The molecule has 174 valence electrons. The minimum atomic E-state index is -0.333. The molecule has 0 radical (unpaired) electrons. The molecule has 2 aromatic carbocycles. The lowest BCUT2D eigenvalue weighted by molar-refractivity contribution is -0.124. The van der Waals surface area contributed by atoms with Gasteiger partial charge in [0.15, 0.2) is 4.96 Å². The number of hydrogen-bond acceptors (Lipinski definition) is 7. The summed E-state index contributed by atoms with van der Waals surface area (Å²) in [5.41, 5.74) is 4.95. The molecule has 1 aliphatic rings. The highest BCUT2D eigenvalue weighted by Gasteiger charge is 2.19. The standard InChI is InChI=1S/C25H21N7O2S/c33-23-14-31(10-9-26-23)12-16-15-35-25-30-22(13-32(16)25)17-5-1-2-6-18(17)29-24(34)21-11-27-19-7-3-4-8-20(19)28-21/h1-8,11,13,15H,9-10,12,14H2,(H,26,33)(H,29,34). The van der Waals surface area contributed by atoms with Crippen LogP contribution in [-0.2, 0) is 11.3 Å². The number of para-hydroxylation sites is 3. The Labute approximate surface area is 204 Å². The number of thiazole rings is 1. The topological polar surface area (TPSA) is 105 Å². The van der Waals surface area contributed by atoms with Crippen LogP contribution in [0.3, 0.4) is 0 Å². The Morgan fingerprint density at radius 2 is 1.91 bits per heavy atom. The number of fused-ring (bicyclic) bond motifs is 2. The van der Waals surface area contributed by atoms with Gasteiger partial charge in [0.2, 0.25) is 5.91 Å². The quantitative estimate of drug-likeness (QED) is 0.398. The van der Waals surface area contributed by atoms with Crippen molar-refractivity contribution in [3.63, 3.8) is 0 Å². The molecule has 4 heterocycles. The fourth-order valence-electron chi connectivity index (χ4n) is 4.20. The van der Waals surface area contributed by atoms with Crippen LogP contribution in [-0.4, -0.2) is 55.7 Å². The molecule has 10 heteroatoms. The van der Waals surface area contributed by atoms with Gasteiger partial charge in [-0.15, -0.1) is 11.3 Å². The zero-order valence-electron chi connectivity index (χ0n) is 18.6. The van der Waals surface area contributed by atoms with Gasteiger partial charge in [-0.05, 0) is 18.2 Å². The summed E-state index contributed by atoms with van der Waals surface area (Å²) in [6.07, 6.45) is 3.46. The zero-order chi connectivity index (χ0) is 23.8. The Kier molecular flexibility index (Phi) is 5.44. The summed E-state index contributed by atoms with van der Waals surface area (Å²) in [6.45, 7) is 2.54. The minimum absolute atomic E-state index is 0.0508. The van der Waals surface area contributed by atoms with Gasteiger partial charge < -0.3 is 10.6 Å². The molecule has 35 heavy (non-hydrogen) atoms. The molecule has 5 aromatic rings. The second-order valence-corrected chi connectivity index (χ2v) is 9.15. The molecule has 3 aromatic heterocycles. The second-order valence-electron chi connectivity index (χ2n) is 8.31. The van der Waals surface area contributed by atoms with Crippen molar-refractivity contribution in [1.82, 2.24) is 29.6 Å². The van der Waals surface area contributed by atoms with Gasteiger partial charge in [-0.2, -0.15) is 0 Å². The lowest BCUT2D eigenvalue weighted by Crippen LogP contribution is -2.47. The third kappa shape index (κ3) is 4.25. The van der Waals surface area contributed by atoms with Crippen molar-refractivity contribution < 1.29 is 9.59 Å². The van der Waals surface area contributed by atoms with E-state index in [2.05, 4.69) is 35.3 Å². The van der Waals surface area contributed by atoms with Crippen LogP contribution in [0.4, 0.5) is 5.69 Å². The fraction of sp³-hybridized carbons (Fsp3) is 0.160. The van der Waals surface area contributed by atoms with Gasteiger partial charge in [0.05, 0.1) is 35.2 Å². The Hall–Kier alpha value is -4.15. The molecule has 1 aliphatic heterocycles. The number of nitrogens with zero attached hydrogens (tertiary/aromatic N) is 5. The highest BCUT2D eigenvalue weighted by Crippen LogP contribution is 2.30. The number of anilines is 1. The number of carbonyl (C=O) groups is 2. The molecule has 2 amide bonds. The van der Waals surface area contributed by atoms with Crippen molar-refractivity contribution in [1.29, 1.82) is 0 Å². The first kappa shape index (κ1) is 21.4. The van der Waals surface area contributed by atoms with Crippen LogP contribution >= 0.6 is 11.3 Å². The third-order valence-corrected chi connectivity index (χ3v) is 6.81. The van der Waals surface area contributed by atoms with Crippen LogP contribution in [0.1, 0.15) is 16.2 Å². The van der Waals surface area contributed by atoms with E-state index >= 15 is 0 Å². The van der Waals surface area contributed by atoms with E-state index in [0.717, 1.165) is 34.0 Å². The maximum Gasteiger partial charge on any atom is 0.275 e. The fourth-order valence-corrected chi connectivity index (χ4v) is 5.06. The molecular weight excluding hydrogens is 462 g/mol. The van der Waals surface area contributed by atoms with Crippen LogP contribution < -0.4 is 10.6 Å². The van der Waals surface area contributed by atoms with E-state index in [1.807, 2.05) is 54.7 Å². The number of rotatable bonds is 5. The second kappa shape index (κ2) is 8.90. The van der Waals surface area contributed by atoms with E-state index in [9.17, 15) is 9.59 Å². The maximum atomic E-state index is 13.0. The highest BCUT2D eigenvalue weighted by molar-refractivity contribution is 7.15. The third-order valence-electron chi connectivity index (χ3n) is 5.92. The van der Waals surface area contributed by atoms with Gasteiger partial charge in [-0.3, -0.25) is 23.9 Å². The highest BCUT2D eigenvalue weighted by atomic mass is 32.1. The summed E-state index contributed by atoms with van der Waals surface area (Å²) in [5.74, 6) is -0.282. The van der Waals surface area contributed by atoms with E-state index in [4.69, 9.17) is 4.98 Å². The predicted molar refractivity (Wildman–Crippen MR) is 134 cm³/mol. The Morgan fingerprint density at radius 3 is 2.80 bits per heavy atom. The Balaban J connectivity index is 1.27. The first-order chi connectivity index (χ1) is 17.1. The van der Waals surface area contributed by atoms with E-state index in [0.29, 0.717) is 30.8 Å². The SMILES string of the molecule is O=C1CN(Cc2csc3nc(-c4ccccc4NC(=O)c4cnc5ccccc5n4)cn23)CCN1. The van der Waals surface area contributed by atoms with Crippen LogP contribution in [0.2, 0.25) is 0 Å². The normalized spacial score (nSPS) is 14.3. The number of aromatic nitrogens is 4. The lowest BCUT2D eigenvalue weighted by atomic mass is 10.1. The number of carbonyl (C=O) groups excluding carboxylic acids is 2. The van der Waals surface area contributed by atoms with Crippen LogP contribution in [0, 0.1) is 0 Å². The molecule has 0 aliphatic carbocycles. The van der Waals surface area contributed by atoms with Gasteiger partial charge in [0.25, 0.3) is 5.91 Å². The molecule has 0 bridgehead atoms. The number of piperazine rings is 1. The Bertz CT molecular complexity index is 1570. The van der Waals surface area contributed by atoms with E-state index in [1.54, 1.807) is 11.3 Å². The van der Waals surface area contributed by atoms with Gasteiger partial charge in [0, 0.05) is 42.5 Å². The summed E-state index contributed by atoms with van der Waals surface area (Å²) in [6, 6.07) is 15.0. The largest absolute Gasteiger partial charge is 0.354 e. The average molecular weight is 484 g/mol.